The van der Waals surface area contributed by atoms with E-state index in [4.69, 9.17) is 4.74 Å². The Morgan fingerprint density at radius 2 is 1.16 bits per heavy atom. The molecule has 0 aliphatic carbocycles. The molecule has 9 nitrogen and oxygen atoms in total. The third-order valence-electron chi connectivity index (χ3n) is 13.9. The highest BCUT2D eigenvalue weighted by Gasteiger charge is 2.36. The number of sulfone groups is 1. The molecule has 0 saturated carbocycles. The molecule has 3 aliphatic rings. The molecule has 2 aromatic carbocycles. The van der Waals surface area contributed by atoms with Crippen LogP contribution < -0.4 is 14.4 Å². The topological polar surface area (TPSA) is 78.4 Å². The summed E-state index contributed by atoms with van der Waals surface area (Å²) in [5, 5.41) is 0.197. The van der Waals surface area contributed by atoms with Crippen LogP contribution in [0.15, 0.2) is 52.4 Å². The van der Waals surface area contributed by atoms with Crippen molar-refractivity contribution in [1.82, 2.24) is 19.7 Å². The van der Waals surface area contributed by atoms with Crippen molar-refractivity contribution in [3.8, 4) is 11.5 Å². The highest BCUT2D eigenvalue weighted by molar-refractivity contribution is 7.91. The lowest BCUT2D eigenvalue weighted by Gasteiger charge is -2.46. The van der Waals surface area contributed by atoms with Gasteiger partial charge < -0.3 is 19.3 Å². The van der Waals surface area contributed by atoms with Gasteiger partial charge in [-0.25, -0.2) is 12.8 Å². The molecule has 0 atom stereocenters. The Kier molecular flexibility index (Phi) is 19.7. The van der Waals surface area contributed by atoms with Crippen LogP contribution in [0.5, 0.6) is 11.5 Å². The van der Waals surface area contributed by atoms with Crippen molar-refractivity contribution in [2.75, 3.05) is 70.4 Å². The second-order valence-electron chi connectivity index (χ2n) is 18.4. The first-order valence-corrected chi connectivity index (χ1v) is 26.3. The van der Waals surface area contributed by atoms with Crippen LogP contribution in [-0.2, 0) is 9.84 Å². The van der Waals surface area contributed by atoms with Crippen molar-refractivity contribution in [2.45, 2.75) is 171 Å². The maximum absolute atomic E-state index is 15.9. The summed E-state index contributed by atoms with van der Waals surface area (Å²) in [6.45, 7) is 13.2. The summed E-state index contributed by atoms with van der Waals surface area (Å²) in [6, 6.07) is 8.44. The molecule has 6 rings (SSSR count). The number of alkyl halides is 3. The van der Waals surface area contributed by atoms with Gasteiger partial charge in [0, 0.05) is 69.0 Å². The molecule has 3 aromatic rings. The van der Waals surface area contributed by atoms with E-state index < -0.39 is 32.7 Å². The van der Waals surface area contributed by atoms with E-state index in [2.05, 4.69) is 38.3 Å². The van der Waals surface area contributed by atoms with Crippen LogP contribution in [0, 0.1) is 5.82 Å². The first-order valence-electron chi connectivity index (χ1n) is 24.8. The minimum atomic E-state index is -4.95. The highest BCUT2D eigenvalue weighted by atomic mass is 32.2. The lowest BCUT2D eigenvalue weighted by molar-refractivity contribution is -0.274. The summed E-state index contributed by atoms with van der Waals surface area (Å²) in [6.07, 6.45) is 20.3. The zero-order chi connectivity index (χ0) is 45.4. The number of anilines is 1. The number of nitrogens with zero attached hydrogens (tertiary/aromatic N) is 5. The molecule has 1 aromatic heterocycles. The lowest BCUT2D eigenvalue weighted by atomic mass is 9.99. The van der Waals surface area contributed by atoms with E-state index in [1.165, 1.54) is 127 Å². The first-order chi connectivity index (χ1) is 31.0. The molecule has 14 heteroatoms. The molecule has 0 N–H and O–H groups in total. The summed E-state index contributed by atoms with van der Waals surface area (Å²) in [5.74, 6) is -1.20. The summed E-state index contributed by atoms with van der Waals surface area (Å²) in [5.41, 5.74) is 0.521. The number of piperazine rings is 1. The quantitative estimate of drug-likeness (QED) is 0.0610. The number of fused-ring (bicyclic) bond motifs is 1. The Hall–Kier alpha value is -3.20. The number of benzene rings is 2. The molecule has 0 bridgehead atoms. The number of aromatic nitrogens is 1. The van der Waals surface area contributed by atoms with Gasteiger partial charge in [0.15, 0.2) is 0 Å². The molecule has 0 spiro atoms. The van der Waals surface area contributed by atoms with E-state index in [0.29, 0.717) is 37.3 Å². The summed E-state index contributed by atoms with van der Waals surface area (Å²) in [4.78, 5) is 13.2. The number of unbranched alkanes of at least 4 members (excludes halogenated alkanes) is 15. The van der Waals surface area contributed by atoms with Gasteiger partial charge in [0.05, 0.1) is 17.8 Å². The minimum Gasteiger partial charge on any atom is -0.493 e. The molecule has 3 saturated heterocycles. The van der Waals surface area contributed by atoms with Crippen molar-refractivity contribution in [3.05, 3.63) is 48.4 Å². The first kappa shape index (κ1) is 50.2. The largest absolute Gasteiger partial charge is 0.573 e. The molecule has 3 aliphatic heterocycles. The van der Waals surface area contributed by atoms with Crippen molar-refractivity contribution in [2.24, 2.45) is 0 Å². The van der Waals surface area contributed by atoms with Gasteiger partial charge in [0.1, 0.15) is 27.1 Å². The van der Waals surface area contributed by atoms with Gasteiger partial charge in [-0.05, 0) is 82.1 Å². The van der Waals surface area contributed by atoms with E-state index in [1.807, 2.05) is 4.90 Å². The average molecular weight is 918 g/mol. The van der Waals surface area contributed by atoms with Crippen LogP contribution >= 0.6 is 0 Å². The fourth-order valence-corrected chi connectivity index (χ4v) is 11.6. The molecule has 4 heterocycles. The van der Waals surface area contributed by atoms with Gasteiger partial charge in [-0.15, -0.1) is 13.2 Å². The predicted octanol–water partition coefficient (Wildman–Crippen LogP) is 11.8. The van der Waals surface area contributed by atoms with Crippen LogP contribution in [0.2, 0.25) is 0 Å². The summed E-state index contributed by atoms with van der Waals surface area (Å²) >= 11 is 0. The highest BCUT2D eigenvalue weighted by Crippen LogP contribution is 2.40. The van der Waals surface area contributed by atoms with E-state index >= 15 is 4.39 Å². The van der Waals surface area contributed by atoms with Gasteiger partial charge in [-0.1, -0.05) is 110 Å². The van der Waals surface area contributed by atoms with Crippen molar-refractivity contribution in [1.29, 1.82) is 0 Å². The zero-order valence-electron chi connectivity index (χ0n) is 38.7. The normalized spacial score (nSPS) is 18.0. The fourth-order valence-electron chi connectivity index (χ4n) is 10.1. The predicted molar refractivity (Wildman–Crippen MR) is 249 cm³/mol. The van der Waals surface area contributed by atoms with E-state index in [1.54, 1.807) is 0 Å². The third kappa shape index (κ3) is 14.6. The maximum Gasteiger partial charge on any atom is 0.573 e. The minimum absolute atomic E-state index is 0.197. The van der Waals surface area contributed by atoms with Gasteiger partial charge in [-0.3, -0.25) is 14.8 Å². The molecular weight excluding hydrogens is 843 g/mol. The smallest absolute Gasteiger partial charge is 0.493 e. The number of hydrogen-bond donors (Lipinski definition) is 0. The molecule has 358 valence electrons. The van der Waals surface area contributed by atoms with Crippen molar-refractivity contribution in [3.63, 3.8) is 0 Å². The lowest BCUT2D eigenvalue weighted by Crippen LogP contribution is -2.56. The molecule has 3 fully saturated rings. The van der Waals surface area contributed by atoms with Crippen molar-refractivity contribution < 1.29 is 35.5 Å². The van der Waals surface area contributed by atoms with Gasteiger partial charge in [0.2, 0.25) is 9.84 Å². The Balaban J connectivity index is 1.03. The van der Waals surface area contributed by atoms with Crippen LogP contribution in [0.4, 0.5) is 23.2 Å². The van der Waals surface area contributed by atoms with E-state index in [9.17, 15) is 21.6 Å². The number of rotatable bonds is 25. The molecule has 0 amide bonds. The maximum atomic E-state index is 15.9. The Labute approximate surface area is 381 Å². The van der Waals surface area contributed by atoms with Crippen LogP contribution in [0.1, 0.15) is 142 Å². The number of likely N-dealkylation sites (tertiary alicyclic amines) is 1. The van der Waals surface area contributed by atoms with Gasteiger partial charge in [0.25, 0.3) is 0 Å². The van der Waals surface area contributed by atoms with Crippen LogP contribution in [-0.4, -0.2) is 112 Å². The zero-order valence-corrected chi connectivity index (χ0v) is 39.5. The monoisotopic (exact) mass is 918 g/mol. The van der Waals surface area contributed by atoms with Crippen LogP contribution in [0.25, 0.3) is 10.9 Å². The number of halogens is 4. The SMILES string of the molecule is CCCCCCCCCCCCCCCCCCOc1ccc(S(=O)(=O)c2cnc3ccc(OC(F)(F)F)cc3c2N2CCC(N3CCN(C4CCN(CC)CC4)CC3)CC2)c(F)c1. The molecule has 0 unspecified atom stereocenters. The molecular formula is C50H75F4N5O4S. The van der Waals surface area contributed by atoms with Gasteiger partial charge in [-0.2, -0.15) is 0 Å². The van der Waals surface area contributed by atoms with Gasteiger partial charge >= 0.3 is 6.36 Å². The Morgan fingerprint density at radius 3 is 1.67 bits per heavy atom. The average Bonchev–Trinajstić information content (AvgIpc) is 3.29. The number of pyridine rings is 1. The van der Waals surface area contributed by atoms with E-state index in [0.717, 1.165) is 90.1 Å². The number of ether oxygens (including phenoxy) is 2. The van der Waals surface area contributed by atoms with Crippen molar-refractivity contribution >= 4 is 26.4 Å². The number of hydrogen-bond acceptors (Lipinski definition) is 9. The second-order valence-corrected chi connectivity index (χ2v) is 20.3. The molecule has 0 radical (unpaired) electrons. The summed E-state index contributed by atoms with van der Waals surface area (Å²) in [7, 11) is -4.53. The second kappa shape index (κ2) is 25.1. The molecule has 64 heavy (non-hydrogen) atoms. The third-order valence-corrected chi connectivity index (χ3v) is 15.7. The number of piperidine rings is 2. The van der Waals surface area contributed by atoms with Crippen LogP contribution in [0.3, 0.4) is 0 Å². The standard InChI is InChI=1S/C50H75F4N5O4S/c1-3-5-6-7-8-9-10-11-12-13-14-15-16-17-18-19-36-62-42-21-23-47(45(51)38-42)64(60,61)48-39-55-46-22-20-43(63-50(52,53)54)37-44(46)49(48)59-30-26-41(27-31-59)58-34-32-57(33-35-58)40-24-28-56(4-2)29-25-40/h20-23,37-41H,3-19,24-36H2,1-2H3. The summed E-state index contributed by atoms with van der Waals surface area (Å²) < 4.78 is 95.0. The Morgan fingerprint density at radius 1 is 0.641 bits per heavy atom. The fraction of sp³-hybridized carbons (Fsp3) is 0.700. The Bertz CT molecular complexity index is 1960. The van der Waals surface area contributed by atoms with E-state index in [-0.39, 0.29) is 21.7 Å².